The first-order valence-corrected chi connectivity index (χ1v) is 38.9. The Kier molecular flexibility index (Phi) is 5.16. The number of rotatable bonds is 6. The first kappa shape index (κ1) is 46.4. The molecule has 6 heteroatoms. The molecule has 1 aliphatic heterocycles. The number of fused-ring (bicyclic) bond motifs is 4. The van der Waals surface area contributed by atoms with Crippen molar-refractivity contribution in [2.45, 2.75) is 46.0 Å². The van der Waals surface area contributed by atoms with Crippen molar-refractivity contribution in [2.75, 3.05) is 0 Å². The van der Waals surface area contributed by atoms with Gasteiger partial charge in [-0.3, -0.25) is 9.98 Å². The van der Waals surface area contributed by atoms with Gasteiger partial charge in [-0.15, -0.1) is 0 Å². The molecule has 108 heavy (non-hydrogen) atoms. The summed E-state index contributed by atoms with van der Waals surface area (Å²) in [6.07, 6.45) is 0. The monoisotopic (exact) mass is 1350 g/mol. The van der Waals surface area contributed by atoms with Crippen LogP contribution in [-0.2, 0) is 53.9 Å². The third-order valence-corrected chi connectivity index (χ3v) is 34.2. The summed E-state index contributed by atoms with van der Waals surface area (Å²) in [5.74, 6) is -0.576. The van der Waals surface area contributed by atoms with Crippen molar-refractivity contribution >= 4 is 293 Å². The van der Waals surface area contributed by atoms with Crippen LogP contribution in [0.1, 0.15) is 77.9 Å². The van der Waals surface area contributed by atoms with E-state index < -0.39 is 32.7 Å². The summed E-state index contributed by atoms with van der Waals surface area (Å²) in [5.41, 5.74) is 11.6. The molecule has 30 aromatic rings. The van der Waals surface area contributed by atoms with Crippen molar-refractivity contribution < 1.29 is 19.1 Å². The maximum atomic E-state index is 19.2. The highest BCUT2D eigenvalue weighted by Gasteiger charge is 3.06. The van der Waals surface area contributed by atoms with E-state index in [-0.39, 0.29) is 25.2 Å². The highest BCUT2D eigenvalue weighted by molar-refractivity contribution is 6.80. The molecule has 0 N–H and O–H groups in total. The number of aliphatic imine (C=N–C) groups is 2. The molecule has 4 spiro atoms. The number of nitrogens with zero attached hydrogens (tertiary/aromatic N) is 2. The van der Waals surface area contributed by atoms with Gasteiger partial charge in [0.25, 0.3) is 0 Å². The number of cyclic esters (lactones) is 2. The standard InChI is InChI=1S/C102H30N2O4/c105-95-101(103-93(30-15-5-1-6-16-30)31-17-7-2-8-18-31)97-85-73-65-57-49-41-38-37-39-44-48-42(37)50-46-40(38)43-47(41)59(65)67-61-52(43)56-54(46)64-58(50)66-60(48)68-62-51(44)55-53(45(39)49)63(57)77(85)79-69(55)72(62)82-83(89(79)97)92-91-84-81(87(75(67)73)99(91,97)101)71(61)70(56)80-78(64)86-74(66)76(68)88(82)100(92)98(86,90(80)84)102(100,104-94(32-19-9-3-10-20-32)33-21-11-4-12-22-33)96(106)108-28-35-26-29(27-107-95)25-34-23-13-14-24-36(34)35/h1-26H,27-28H2/t97?,98?,99?,100?,101-,102+/m0/s1. The lowest BCUT2D eigenvalue weighted by Crippen LogP contribution is -2.36. The normalized spacial score (nSPS) is 25.5. The molecule has 0 aromatic heterocycles. The fourth-order valence-corrected chi connectivity index (χ4v) is 33.1. The Morgan fingerprint density at radius 3 is 0.843 bits per heavy atom. The molecule has 0 saturated heterocycles. The van der Waals surface area contributed by atoms with Gasteiger partial charge in [0.1, 0.15) is 13.2 Å². The van der Waals surface area contributed by atoms with Crippen LogP contribution in [0, 0.1) is 0 Å². The van der Waals surface area contributed by atoms with Crippen LogP contribution in [0.2, 0.25) is 0 Å². The van der Waals surface area contributed by atoms with E-state index in [0.29, 0.717) is 0 Å². The summed E-state index contributed by atoms with van der Waals surface area (Å²) >= 11 is 0. The van der Waals surface area contributed by atoms with Crippen LogP contribution in [0.5, 0.6) is 0 Å². The molecule has 6 atom stereocenters. The van der Waals surface area contributed by atoms with Gasteiger partial charge in [-0.25, -0.2) is 9.59 Å². The molecule has 2 fully saturated rings. The topological polar surface area (TPSA) is 77.3 Å². The Labute approximate surface area is 599 Å². The first-order valence-electron chi connectivity index (χ1n) is 38.9. The predicted octanol–water partition coefficient (Wildman–Crippen LogP) is 22.3. The SMILES string of the molecule is O=C1OCc2cc(c3ccccc3c2)COC(=O)[C@]2(N=C(c3ccccc3)c3ccccc3)C34C5=C6c7c8c9c%10c(c%11c%12c3c3c5c5c%13c%14c%15c%16c%17c(c7c7c9c9c%18c%10c%10c%11c%11c%12c%12c3c%13c3c%13c%14c%14c%16c%16c%17c7c9c7c%16c9c%14c%13c%13c(c%123)c%11c3c%10c%18c7c9c3%13)C63C5%15[C@@]13N=C(c1ccccc1)c1ccccc1)C842. The van der Waals surface area contributed by atoms with E-state index in [4.69, 9.17) is 19.5 Å². The second-order valence-electron chi connectivity index (χ2n) is 35.9. The van der Waals surface area contributed by atoms with E-state index in [1.165, 1.54) is 303 Å². The largest absolute Gasteiger partial charge is 0.459 e. The Morgan fingerprint density at radius 1 is 0.259 bits per heavy atom. The zero-order valence-electron chi connectivity index (χ0n) is 56.0. The van der Waals surface area contributed by atoms with Gasteiger partial charge in [0.2, 0.25) is 0 Å². The average molecular weight is 1350 g/mol. The fraction of sp³-hybridized carbons (Fsp3) is 0.0784. The summed E-state index contributed by atoms with van der Waals surface area (Å²) in [7, 11) is 0. The van der Waals surface area contributed by atoms with Crippen LogP contribution in [0.25, 0.3) is 270 Å². The lowest BCUT2D eigenvalue weighted by atomic mass is 9.60. The highest BCUT2D eigenvalue weighted by Crippen LogP contribution is 3.03. The van der Waals surface area contributed by atoms with Gasteiger partial charge in [0.15, 0.2) is 11.1 Å². The number of esters is 2. The second-order valence-corrected chi connectivity index (χ2v) is 35.9. The third kappa shape index (κ3) is 3.01. The van der Waals surface area contributed by atoms with Gasteiger partial charge in [0.05, 0.1) is 33.1 Å². The number of carbonyl (C=O) groups is 2. The molecule has 6 bridgehead atoms. The van der Waals surface area contributed by atoms with Crippen LogP contribution >= 0.6 is 0 Å². The van der Waals surface area contributed by atoms with Crippen molar-refractivity contribution in [3.05, 3.63) is 236 Å². The first-order chi connectivity index (χ1) is 53.6. The van der Waals surface area contributed by atoms with Gasteiger partial charge in [-0.05, 0) is 337 Å². The fourth-order valence-electron chi connectivity index (χ4n) is 33.1. The molecule has 41 rings (SSSR count). The number of hydrogen-bond acceptors (Lipinski definition) is 6. The zero-order chi connectivity index (χ0) is 66.9. The van der Waals surface area contributed by atoms with Crippen LogP contribution in [-0.4, -0.2) is 34.4 Å². The lowest BCUT2D eigenvalue weighted by molar-refractivity contribution is -0.149. The van der Waals surface area contributed by atoms with Crippen LogP contribution in [0.4, 0.5) is 0 Å². The average Bonchev–Trinajstić information content (AvgIpc) is 1.34. The molecule has 30 aromatic carbocycles. The van der Waals surface area contributed by atoms with Crippen molar-refractivity contribution in [3.63, 3.8) is 0 Å². The van der Waals surface area contributed by atoms with Gasteiger partial charge in [-0.1, -0.05) is 146 Å². The molecule has 2 saturated carbocycles. The summed E-state index contributed by atoms with van der Waals surface area (Å²) in [6.45, 7) is -0.0263. The molecule has 1 heterocycles. The molecule has 11 aliphatic rings. The Morgan fingerprint density at radius 2 is 0.519 bits per heavy atom. The smallest absolute Gasteiger partial charge is 0.337 e. The molecular weight excluding hydrogens is 1320 g/mol. The molecule has 10 aliphatic carbocycles. The van der Waals surface area contributed by atoms with E-state index in [2.05, 4.69) is 158 Å². The summed E-state index contributed by atoms with van der Waals surface area (Å²) in [4.78, 5) is 52.3. The number of hydrogen-bond donors (Lipinski definition) is 0. The minimum Gasteiger partial charge on any atom is -0.459 e. The van der Waals surface area contributed by atoms with Crippen molar-refractivity contribution in [3.8, 4) is 0 Å². The Bertz CT molecular complexity index is 9870. The minimum absolute atomic E-state index is 0.0114. The van der Waals surface area contributed by atoms with Crippen LogP contribution < -0.4 is 0 Å². The minimum atomic E-state index is -1.71. The molecule has 0 amide bonds. The lowest BCUT2D eigenvalue weighted by Gasteiger charge is -2.39. The number of carbonyl (C=O) groups excluding carboxylic acids is 2. The van der Waals surface area contributed by atoms with Crippen molar-refractivity contribution in [1.29, 1.82) is 0 Å². The van der Waals surface area contributed by atoms with Crippen molar-refractivity contribution in [1.82, 2.24) is 0 Å². The van der Waals surface area contributed by atoms with E-state index in [9.17, 15) is 0 Å². The summed E-state index contributed by atoms with van der Waals surface area (Å²) < 4.78 is 15.7. The van der Waals surface area contributed by atoms with Gasteiger partial charge in [0, 0.05) is 22.3 Å². The molecule has 472 valence electrons. The number of ether oxygens (including phenoxy) is 2. The quantitative estimate of drug-likeness (QED) is 0.0944. The summed E-state index contributed by atoms with van der Waals surface area (Å²) in [6, 6.07) is 56.3. The second kappa shape index (κ2) is 12.0. The van der Waals surface area contributed by atoms with Crippen molar-refractivity contribution in [2.24, 2.45) is 9.98 Å². The molecule has 4 unspecified atom stereocenters. The molecular formula is C102H30N2O4. The molecule has 0 radical (unpaired) electrons. The van der Waals surface area contributed by atoms with E-state index in [1.54, 1.807) is 0 Å². The van der Waals surface area contributed by atoms with Crippen LogP contribution in [0.3, 0.4) is 0 Å². The third-order valence-electron chi connectivity index (χ3n) is 34.2. The zero-order valence-corrected chi connectivity index (χ0v) is 56.0. The Hall–Kier alpha value is -13.4. The maximum Gasteiger partial charge on any atom is 0.337 e. The molecule has 6 nitrogen and oxygen atoms in total. The Balaban J connectivity index is 0.882. The predicted molar refractivity (Wildman–Crippen MR) is 433 cm³/mol. The van der Waals surface area contributed by atoms with Crippen LogP contribution in [0.15, 0.2) is 168 Å². The van der Waals surface area contributed by atoms with E-state index >= 15 is 9.59 Å². The van der Waals surface area contributed by atoms with Gasteiger partial charge >= 0.3 is 11.9 Å². The van der Waals surface area contributed by atoms with Gasteiger partial charge in [-0.2, -0.15) is 0 Å². The summed E-state index contributed by atoms with van der Waals surface area (Å²) in [5, 5.41) is 67.6. The maximum absolute atomic E-state index is 19.2. The van der Waals surface area contributed by atoms with E-state index in [0.717, 1.165) is 55.6 Å². The highest BCUT2D eigenvalue weighted by atomic mass is 16.5. The van der Waals surface area contributed by atoms with E-state index in [1.807, 2.05) is 0 Å². The van der Waals surface area contributed by atoms with Gasteiger partial charge < -0.3 is 9.47 Å². The number of benzene rings is 22.